The van der Waals surface area contributed by atoms with Gasteiger partial charge in [0.15, 0.2) is 0 Å². The first-order valence-electron chi connectivity index (χ1n) is 7.13. The summed E-state index contributed by atoms with van der Waals surface area (Å²) in [6.45, 7) is 0. The van der Waals surface area contributed by atoms with Crippen LogP contribution in [0.15, 0.2) is 48.5 Å². The standard InChI is InChI=1S/C17H17ClN2O/c18-13-7-4-8-14(11-13)19-17(21)20-16-10-3-6-12-5-1-2-9-15(12)16/h1-2,4-5,7-9,11,16H,3,6,10H2,(H2,19,20,21)/t16-/m0/s1. The molecule has 0 aromatic heterocycles. The maximum Gasteiger partial charge on any atom is 0.319 e. The van der Waals surface area contributed by atoms with Crippen molar-refractivity contribution in [3.8, 4) is 0 Å². The van der Waals surface area contributed by atoms with E-state index in [4.69, 9.17) is 11.6 Å². The van der Waals surface area contributed by atoms with E-state index in [2.05, 4.69) is 22.8 Å². The highest BCUT2D eigenvalue weighted by molar-refractivity contribution is 6.30. The van der Waals surface area contributed by atoms with Gasteiger partial charge in [-0.15, -0.1) is 0 Å². The van der Waals surface area contributed by atoms with Crippen molar-refractivity contribution in [3.05, 3.63) is 64.7 Å². The number of hydrogen-bond acceptors (Lipinski definition) is 1. The molecule has 0 aliphatic heterocycles. The summed E-state index contributed by atoms with van der Waals surface area (Å²) in [5.74, 6) is 0. The lowest BCUT2D eigenvalue weighted by molar-refractivity contribution is 0.247. The van der Waals surface area contributed by atoms with E-state index in [1.54, 1.807) is 12.1 Å². The number of aryl methyl sites for hydroxylation is 1. The smallest absolute Gasteiger partial charge is 0.319 e. The van der Waals surface area contributed by atoms with E-state index in [0.29, 0.717) is 10.7 Å². The Morgan fingerprint density at radius 1 is 1.14 bits per heavy atom. The molecule has 0 saturated carbocycles. The Labute approximate surface area is 129 Å². The van der Waals surface area contributed by atoms with Gasteiger partial charge in [0, 0.05) is 10.7 Å². The molecule has 1 atom stereocenters. The zero-order valence-corrected chi connectivity index (χ0v) is 12.4. The van der Waals surface area contributed by atoms with Crippen molar-refractivity contribution in [1.82, 2.24) is 5.32 Å². The van der Waals surface area contributed by atoms with Gasteiger partial charge in [0.25, 0.3) is 0 Å². The van der Waals surface area contributed by atoms with Gasteiger partial charge >= 0.3 is 6.03 Å². The molecule has 0 saturated heterocycles. The molecule has 2 aromatic carbocycles. The minimum atomic E-state index is -0.195. The number of hydrogen-bond donors (Lipinski definition) is 2. The quantitative estimate of drug-likeness (QED) is 0.840. The predicted octanol–water partition coefficient (Wildman–Crippen LogP) is 4.54. The first kappa shape index (κ1) is 14.0. The van der Waals surface area contributed by atoms with Crippen molar-refractivity contribution in [2.75, 3.05) is 5.32 Å². The summed E-state index contributed by atoms with van der Waals surface area (Å²) in [6.07, 6.45) is 3.16. The molecule has 108 valence electrons. The van der Waals surface area contributed by atoms with E-state index in [1.165, 1.54) is 11.1 Å². The topological polar surface area (TPSA) is 41.1 Å². The SMILES string of the molecule is O=C(Nc1cccc(Cl)c1)N[C@H]1CCCc2ccccc21. The minimum Gasteiger partial charge on any atom is -0.331 e. The average Bonchev–Trinajstić information content (AvgIpc) is 2.47. The zero-order chi connectivity index (χ0) is 14.7. The number of carbonyl (C=O) groups is 1. The Morgan fingerprint density at radius 3 is 2.86 bits per heavy atom. The van der Waals surface area contributed by atoms with Gasteiger partial charge in [-0.1, -0.05) is 41.9 Å². The van der Waals surface area contributed by atoms with Crippen molar-refractivity contribution in [2.45, 2.75) is 25.3 Å². The lowest BCUT2D eigenvalue weighted by Crippen LogP contribution is -2.34. The molecule has 3 nitrogen and oxygen atoms in total. The Kier molecular flexibility index (Phi) is 4.11. The molecule has 1 aliphatic carbocycles. The molecule has 0 bridgehead atoms. The van der Waals surface area contributed by atoms with Crippen molar-refractivity contribution < 1.29 is 4.79 Å². The van der Waals surface area contributed by atoms with Crippen LogP contribution in [0.1, 0.15) is 30.0 Å². The third-order valence-electron chi connectivity index (χ3n) is 3.76. The van der Waals surface area contributed by atoms with Gasteiger partial charge in [0.1, 0.15) is 0 Å². The third-order valence-corrected chi connectivity index (χ3v) is 3.99. The van der Waals surface area contributed by atoms with Gasteiger partial charge in [0.2, 0.25) is 0 Å². The lowest BCUT2D eigenvalue weighted by Gasteiger charge is -2.26. The summed E-state index contributed by atoms with van der Waals surface area (Å²) in [6, 6.07) is 15.3. The van der Waals surface area contributed by atoms with E-state index >= 15 is 0 Å². The van der Waals surface area contributed by atoms with Gasteiger partial charge < -0.3 is 10.6 Å². The van der Waals surface area contributed by atoms with Crippen LogP contribution in [-0.2, 0) is 6.42 Å². The second-order valence-electron chi connectivity index (χ2n) is 5.25. The molecular weight excluding hydrogens is 284 g/mol. The fraction of sp³-hybridized carbons (Fsp3) is 0.235. The van der Waals surface area contributed by atoms with Crippen LogP contribution in [0.5, 0.6) is 0 Å². The average molecular weight is 301 g/mol. The largest absolute Gasteiger partial charge is 0.331 e. The summed E-state index contributed by atoms with van der Waals surface area (Å²) in [7, 11) is 0. The number of anilines is 1. The van der Waals surface area contributed by atoms with Crippen LogP contribution >= 0.6 is 11.6 Å². The highest BCUT2D eigenvalue weighted by Gasteiger charge is 2.21. The molecule has 4 heteroatoms. The Hall–Kier alpha value is -2.00. The summed E-state index contributed by atoms with van der Waals surface area (Å²) in [5.41, 5.74) is 3.26. The van der Waals surface area contributed by atoms with Crippen LogP contribution in [0.4, 0.5) is 10.5 Å². The van der Waals surface area contributed by atoms with Gasteiger partial charge in [-0.3, -0.25) is 0 Å². The number of rotatable bonds is 2. The molecule has 2 N–H and O–H groups in total. The van der Waals surface area contributed by atoms with Crippen molar-refractivity contribution in [2.24, 2.45) is 0 Å². The fourth-order valence-electron chi connectivity index (χ4n) is 2.80. The van der Waals surface area contributed by atoms with Crippen molar-refractivity contribution in [3.63, 3.8) is 0 Å². The van der Waals surface area contributed by atoms with E-state index < -0.39 is 0 Å². The third kappa shape index (κ3) is 3.37. The van der Waals surface area contributed by atoms with Gasteiger partial charge in [-0.05, 0) is 48.6 Å². The molecule has 0 unspecified atom stereocenters. The van der Waals surface area contributed by atoms with E-state index in [-0.39, 0.29) is 12.1 Å². The number of fused-ring (bicyclic) bond motifs is 1. The van der Waals surface area contributed by atoms with Gasteiger partial charge in [-0.2, -0.15) is 0 Å². The number of halogens is 1. The molecule has 0 spiro atoms. The highest BCUT2D eigenvalue weighted by Crippen LogP contribution is 2.29. The summed E-state index contributed by atoms with van der Waals surface area (Å²) < 4.78 is 0. The van der Waals surface area contributed by atoms with Crippen LogP contribution < -0.4 is 10.6 Å². The van der Waals surface area contributed by atoms with Crippen molar-refractivity contribution in [1.29, 1.82) is 0 Å². The molecule has 2 amide bonds. The minimum absolute atomic E-state index is 0.0779. The lowest BCUT2D eigenvalue weighted by atomic mass is 9.88. The fourth-order valence-corrected chi connectivity index (χ4v) is 2.99. The predicted molar refractivity (Wildman–Crippen MR) is 85.7 cm³/mol. The summed E-state index contributed by atoms with van der Waals surface area (Å²) >= 11 is 5.92. The maximum atomic E-state index is 12.1. The van der Waals surface area contributed by atoms with Crippen LogP contribution in [0, 0.1) is 0 Å². The Balaban J connectivity index is 1.68. The molecule has 0 heterocycles. The normalized spacial score (nSPS) is 16.9. The van der Waals surface area contributed by atoms with E-state index in [9.17, 15) is 4.79 Å². The van der Waals surface area contributed by atoms with E-state index in [1.807, 2.05) is 24.3 Å². The Bertz CT molecular complexity index is 657. The maximum absolute atomic E-state index is 12.1. The second-order valence-corrected chi connectivity index (χ2v) is 5.69. The first-order chi connectivity index (χ1) is 10.2. The van der Waals surface area contributed by atoms with Crippen LogP contribution in [0.25, 0.3) is 0 Å². The van der Waals surface area contributed by atoms with Crippen molar-refractivity contribution >= 4 is 23.3 Å². The number of carbonyl (C=O) groups excluding carboxylic acids is 1. The molecular formula is C17H17ClN2O. The van der Waals surface area contributed by atoms with Crippen LogP contribution in [-0.4, -0.2) is 6.03 Å². The number of urea groups is 1. The number of benzene rings is 2. The molecule has 0 fully saturated rings. The summed E-state index contributed by atoms with van der Waals surface area (Å²) in [5, 5.41) is 6.48. The number of nitrogens with one attached hydrogen (secondary N) is 2. The van der Waals surface area contributed by atoms with Gasteiger partial charge in [0.05, 0.1) is 6.04 Å². The Morgan fingerprint density at radius 2 is 2.00 bits per heavy atom. The molecule has 21 heavy (non-hydrogen) atoms. The highest BCUT2D eigenvalue weighted by atomic mass is 35.5. The summed E-state index contributed by atoms with van der Waals surface area (Å²) in [4.78, 5) is 12.1. The van der Waals surface area contributed by atoms with Gasteiger partial charge in [-0.25, -0.2) is 4.79 Å². The second kappa shape index (κ2) is 6.19. The molecule has 3 rings (SSSR count). The monoisotopic (exact) mass is 300 g/mol. The first-order valence-corrected chi connectivity index (χ1v) is 7.51. The molecule has 1 aliphatic rings. The van der Waals surface area contributed by atoms with Crippen LogP contribution in [0.2, 0.25) is 5.02 Å². The van der Waals surface area contributed by atoms with Crippen LogP contribution in [0.3, 0.4) is 0 Å². The molecule has 0 radical (unpaired) electrons. The zero-order valence-electron chi connectivity index (χ0n) is 11.6. The molecule has 2 aromatic rings. The number of amides is 2. The van der Waals surface area contributed by atoms with E-state index in [0.717, 1.165) is 19.3 Å².